The first kappa shape index (κ1) is 19.7. The molecule has 0 spiro atoms. The monoisotopic (exact) mass is 458 g/mol. The molecule has 3 aromatic rings. The number of anilines is 1. The van der Waals surface area contributed by atoms with Crippen LogP contribution in [-0.4, -0.2) is 22.8 Å². The molecule has 0 unspecified atom stereocenters. The van der Waals surface area contributed by atoms with Gasteiger partial charge in [0.25, 0.3) is 0 Å². The molecule has 1 N–H and O–H groups in total. The summed E-state index contributed by atoms with van der Waals surface area (Å²) < 4.78 is 7.70. The summed E-state index contributed by atoms with van der Waals surface area (Å²) in [5.41, 5.74) is 1.85. The highest BCUT2D eigenvalue weighted by molar-refractivity contribution is 7.99. The Bertz CT molecular complexity index is 1160. The van der Waals surface area contributed by atoms with E-state index in [1.165, 1.54) is 11.3 Å². The van der Waals surface area contributed by atoms with Crippen LogP contribution in [0, 0.1) is 5.92 Å². The molecule has 2 aromatic carbocycles. The second kappa shape index (κ2) is 8.13. The second-order valence-electron chi connectivity index (χ2n) is 7.39. The standard InChI is InChI=1S/C22H19ClN2O3S2/c23-14-5-7-15(8-6-14)24-18(26)9-10-25-21-20(30-22(25)27)19-13(12-29-21)11-28-17-4-2-1-3-16(17)19/h1-8,13,19H,9-12H2,(H,24,26)/t13-,19+/m1/s1. The number of hydrogen-bond donors (Lipinski definition) is 1. The van der Waals surface area contributed by atoms with E-state index in [4.69, 9.17) is 16.3 Å². The zero-order valence-corrected chi connectivity index (χ0v) is 18.4. The minimum atomic E-state index is -0.126. The van der Waals surface area contributed by atoms with Gasteiger partial charge in [0.2, 0.25) is 5.91 Å². The van der Waals surface area contributed by atoms with E-state index in [1.54, 1.807) is 40.6 Å². The summed E-state index contributed by atoms with van der Waals surface area (Å²) in [4.78, 5) is 26.3. The van der Waals surface area contributed by atoms with Crippen molar-refractivity contribution in [2.45, 2.75) is 23.9 Å². The van der Waals surface area contributed by atoms with Crippen molar-refractivity contribution < 1.29 is 9.53 Å². The van der Waals surface area contributed by atoms with Gasteiger partial charge in [0, 0.05) is 51.7 Å². The Balaban J connectivity index is 1.36. The molecule has 0 fully saturated rings. The molecule has 0 radical (unpaired) electrons. The van der Waals surface area contributed by atoms with E-state index in [2.05, 4.69) is 11.4 Å². The largest absolute Gasteiger partial charge is 0.493 e. The van der Waals surface area contributed by atoms with Crippen LogP contribution in [-0.2, 0) is 11.3 Å². The van der Waals surface area contributed by atoms with Crippen LogP contribution in [0.1, 0.15) is 22.8 Å². The van der Waals surface area contributed by atoms with Crippen LogP contribution in [0.25, 0.3) is 0 Å². The Morgan fingerprint density at radius 1 is 1.20 bits per heavy atom. The molecule has 1 aromatic heterocycles. The molecule has 5 rings (SSSR count). The summed E-state index contributed by atoms with van der Waals surface area (Å²) in [7, 11) is 0. The van der Waals surface area contributed by atoms with Gasteiger partial charge in [0.05, 0.1) is 11.6 Å². The SMILES string of the molecule is O=C(CCn1c2c(sc1=O)[C@@H]1c3ccccc3OC[C@@H]1CS2)Nc1ccc(Cl)cc1. The summed E-state index contributed by atoms with van der Waals surface area (Å²) in [6, 6.07) is 15.1. The Labute approximate surface area is 187 Å². The topological polar surface area (TPSA) is 60.3 Å². The van der Waals surface area contributed by atoms with E-state index in [0.29, 0.717) is 29.8 Å². The van der Waals surface area contributed by atoms with Crippen LogP contribution in [0.5, 0.6) is 5.75 Å². The van der Waals surface area contributed by atoms with Crippen molar-refractivity contribution >= 4 is 46.3 Å². The molecule has 30 heavy (non-hydrogen) atoms. The highest BCUT2D eigenvalue weighted by atomic mass is 35.5. The molecule has 5 nitrogen and oxygen atoms in total. The Morgan fingerprint density at radius 2 is 2.00 bits per heavy atom. The zero-order chi connectivity index (χ0) is 20.7. The van der Waals surface area contributed by atoms with Gasteiger partial charge in [-0.1, -0.05) is 41.1 Å². The lowest BCUT2D eigenvalue weighted by Crippen LogP contribution is -2.31. The maximum absolute atomic E-state index is 12.8. The van der Waals surface area contributed by atoms with Gasteiger partial charge in [-0.15, -0.1) is 11.8 Å². The van der Waals surface area contributed by atoms with E-state index < -0.39 is 0 Å². The minimum Gasteiger partial charge on any atom is -0.493 e. The number of nitrogens with zero attached hydrogens (tertiary/aromatic N) is 1. The van der Waals surface area contributed by atoms with E-state index in [9.17, 15) is 9.59 Å². The van der Waals surface area contributed by atoms with Crippen molar-refractivity contribution in [1.82, 2.24) is 4.57 Å². The fourth-order valence-electron chi connectivity index (χ4n) is 4.02. The molecule has 2 aliphatic rings. The first-order valence-electron chi connectivity index (χ1n) is 9.73. The van der Waals surface area contributed by atoms with Crippen molar-refractivity contribution in [1.29, 1.82) is 0 Å². The minimum absolute atomic E-state index is 0.00332. The van der Waals surface area contributed by atoms with Crippen molar-refractivity contribution in [2.75, 3.05) is 17.7 Å². The Hall–Kier alpha value is -2.22. The average molecular weight is 459 g/mol. The smallest absolute Gasteiger partial charge is 0.308 e. The summed E-state index contributed by atoms with van der Waals surface area (Å²) in [5, 5.41) is 4.48. The predicted octanol–water partition coefficient (Wildman–Crippen LogP) is 4.84. The Morgan fingerprint density at radius 3 is 2.83 bits per heavy atom. The van der Waals surface area contributed by atoms with Gasteiger partial charge in [-0.25, -0.2) is 0 Å². The first-order valence-corrected chi connectivity index (χ1v) is 11.9. The number of thioether (sulfide) groups is 1. The van der Waals surface area contributed by atoms with E-state index >= 15 is 0 Å². The normalized spacial score (nSPS) is 19.2. The molecule has 2 atom stereocenters. The van der Waals surface area contributed by atoms with Crippen molar-refractivity contribution in [3.05, 3.63) is 73.7 Å². The third-order valence-corrected chi connectivity index (χ3v) is 8.21. The molecule has 8 heteroatoms. The number of nitrogens with one attached hydrogen (secondary N) is 1. The number of carbonyl (C=O) groups excluding carboxylic acids is 1. The molecule has 0 saturated carbocycles. The number of rotatable bonds is 4. The van der Waals surface area contributed by atoms with Crippen LogP contribution in [0.2, 0.25) is 5.02 Å². The van der Waals surface area contributed by atoms with Gasteiger partial charge in [-0.05, 0) is 30.3 Å². The number of benzene rings is 2. The molecule has 1 amide bonds. The maximum atomic E-state index is 12.8. The van der Waals surface area contributed by atoms with Crippen molar-refractivity contribution in [3.8, 4) is 5.75 Å². The molecule has 154 valence electrons. The number of carbonyl (C=O) groups is 1. The van der Waals surface area contributed by atoms with Gasteiger partial charge < -0.3 is 10.1 Å². The van der Waals surface area contributed by atoms with Crippen molar-refractivity contribution in [2.24, 2.45) is 5.92 Å². The number of halogens is 1. The lowest BCUT2D eigenvalue weighted by molar-refractivity contribution is -0.116. The molecular weight excluding hydrogens is 440 g/mol. The number of hydrogen-bond acceptors (Lipinski definition) is 5. The molecule has 3 heterocycles. The average Bonchev–Trinajstić information content (AvgIpc) is 3.08. The first-order chi connectivity index (χ1) is 14.6. The number of ether oxygens (including phenoxy) is 1. The van der Waals surface area contributed by atoms with Crippen LogP contribution in [0.15, 0.2) is 58.4 Å². The summed E-state index contributed by atoms with van der Waals surface area (Å²) in [5.74, 6) is 2.23. The quantitative estimate of drug-likeness (QED) is 0.607. The van der Waals surface area contributed by atoms with Gasteiger partial charge in [0.1, 0.15) is 5.75 Å². The number of para-hydroxylation sites is 1. The van der Waals surface area contributed by atoms with Crippen LogP contribution in [0.3, 0.4) is 0 Å². The van der Waals surface area contributed by atoms with E-state index in [-0.39, 0.29) is 23.1 Å². The van der Waals surface area contributed by atoms with Gasteiger partial charge in [-0.2, -0.15) is 0 Å². The van der Waals surface area contributed by atoms with Crippen LogP contribution < -0.4 is 14.9 Å². The number of fused-ring (bicyclic) bond motifs is 5. The molecular formula is C22H19ClN2O3S2. The predicted molar refractivity (Wildman–Crippen MR) is 121 cm³/mol. The molecule has 0 saturated heterocycles. The second-order valence-corrected chi connectivity index (χ2v) is 9.83. The summed E-state index contributed by atoms with van der Waals surface area (Å²) in [6.45, 7) is 1.04. The number of aromatic nitrogens is 1. The highest BCUT2D eigenvalue weighted by Gasteiger charge is 2.39. The third kappa shape index (κ3) is 3.66. The van der Waals surface area contributed by atoms with Crippen molar-refractivity contribution in [3.63, 3.8) is 0 Å². The lowest BCUT2D eigenvalue weighted by atomic mass is 9.84. The van der Waals surface area contributed by atoms with Crippen LogP contribution in [0.4, 0.5) is 5.69 Å². The van der Waals surface area contributed by atoms with Gasteiger partial charge in [0.15, 0.2) is 0 Å². The van der Waals surface area contributed by atoms with E-state index in [1.807, 2.05) is 18.2 Å². The fourth-order valence-corrected chi connectivity index (χ4v) is 6.89. The number of amides is 1. The van der Waals surface area contributed by atoms with Gasteiger partial charge >= 0.3 is 4.87 Å². The summed E-state index contributed by atoms with van der Waals surface area (Å²) >= 11 is 8.89. The molecule has 2 aliphatic heterocycles. The fraction of sp³-hybridized carbons (Fsp3) is 0.273. The van der Waals surface area contributed by atoms with Gasteiger partial charge in [-0.3, -0.25) is 14.2 Å². The zero-order valence-electron chi connectivity index (χ0n) is 16.0. The lowest BCUT2D eigenvalue weighted by Gasteiger charge is -2.36. The highest BCUT2D eigenvalue weighted by Crippen LogP contribution is 2.50. The molecule has 0 bridgehead atoms. The maximum Gasteiger partial charge on any atom is 0.308 e. The third-order valence-electron chi connectivity index (χ3n) is 5.46. The Kier molecular flexibility index (Phi) is 5.35. The van der Waals surface area contributed by atoms with Crippen LogP contribution >= 0.6 is 34.7 Å². The molecule has 0 aliphatic carbocycles. The summed E-state index contributed by atoms with van der Waals surface area (Å²) in [6.07, 6.45) is 0.236. The van der Waals surface area contributed by atoms with E-state index in [0.717, 1.165) is 27.0 Å². The number of thiazole rings is 1.